The Balaban J connectivity index is 1.58. The average molecular weight is 237 g/mol. The van der Waals surface area contributed by atoms with Crippen LogP contribution < -0.4 is 5.73 Å². The zero-order valence-corrected chi connectivity index (χ0v) is 11.2. The lowest BCUT2D eigenvalue weighted by molar-refractivity contribution is 0.0579. The van der Waals surface area contributed by atoms with Crippen molar-refractivity contribution in [2.45, 2.75) is 56.0 Å². The van der Waals surface area contributed by atoms with E-state index in [0.717, 1.165) is 6.54 Å². The van der Waals surface area contributed by atoms with E-state index < -0.39 is 0 Å². The lowest BCUT2D eigenvalue weighted by Gasteiger charge is -2.44. The van der Waals surface area contributed by atoms with E-state index in [1.165, 1.54) is 64.6 Å². The van der Waals surface area contributed by atoms with Crippen LogP contribution in [-0.2, 0) is 0 Å². The van der Waals surface area contributed by atoms with Gasteiger partial charge in [0.05, 0.1) is 0 Å². The summed E-state index contributed by atoms with van der Waals surface area (Å²) in [5, 5.41) is 0. The maximum atomic E-state index is 6.58. The molecule has 2 N–H and O–H groups in total. The van der Waals surface area contributed by atoms with E-state index in [-0.39, 0.29) is 5.54 Å². The van der Waals surface area contributed by atoms with E-state index in [9.17, 15) is 0 Å². The average Bonchev–Trinajstić information content (AvgIpc) is 3.05. The van der Waals surface area contributed by atoms with E-state index in [1.807, 2.05) is 0 Å². The van der Waals surface area contributed by atoms with Crippen LogP contribution in [0.2, 0.25) is 0 Å². The van der Waals surface area contributed by atoms with Crippen molar-refractivity contribution in [3.63, 3.8) is 0 Å². The van der Waals surface area contributed by atoms with E-state index in [2.05, 4.69) is 16.8 Å². The molecule has 2 saturated carbocycles. The molecule has 1 aliphatic heterocycles. The highest BCUT2D eigenvalue weighted by atomic mass is 15.3. The van der Waals surface area contributed by atoms with Gasteiger partial charge in [-0.2, -0.15) is 0 Å². The third-order valence-corrected chi connectivity index (χ3v) is 5.29. The molecular weight excluding hydrogens is 210 g/mol. The fourth-order valence-corrected chi connectivity index (χ4v) is 3.82. The predicted molar refractivity (Wildman–Crippen MR) is 71.0 cm³/mol. The number of rotatable bonds is 2. The van der Waals surface area contributed by atoms with E-state index in [1.54, 1.807) is 0 Å². The molecule has 17 heavy (non-hydrogen) atoms. The minimum atomic E-state index is 0.129. The maximum Gasteiger partial charge on any atom is 0.0335 e. The van der Waals surface area contributed by atoms with Gasteiger partial charge >= 0.3 is 0 Å². The predicted octanol–water partition coefficient (Wildman–Crippen LogP) is 1.43. The normalized spacial score (nSPS) is 32.8. The van der Waals surface area contributed by atoms with Gasteiger partial charge in [0.2, 0.25) is 0 Å². The monoisotopic (exact) mass is 237 g/mol. The highest BCUT2D eigenvalue weighted by Crippen LogP contribution is 2.43. The minimum absolute atomic E-state index is 0.129. The van der Waals surface area contributed by atoms with Gasteiger partial charge in [-0.3, -0.25) is 9.80 Å². The van der Waals surface area contributed by atoms with Gasteiger partial charge in [0.25, 0.3) is 0 Å². The molecule has 0 aromatic heterocycles. The fraction of sp³-hybridized carbons (Fsp3) is 1.00. The Morgan fingerprint density at radius 3 is 2.35 bits per heavy atom. The quantitative estimate of drug-likeness (QED) is 0.788. The summed E-state index contributed by atoms with van der Waals surface area (Å²) in [5.74, 6) is 0. The minimum Gasteiger partial charge on any atom is -0.324 e. The Kier molecular flexibility index (Phi) is 2.96. The first-order chi connectivity index (χ1) is 8.12. The molecule has 98 valence electrons. The molecule has 1 heterocycles. The highest BCUT2D eigenvalue weighted by Gasteiger charge is 2.50. The van der Waals surface area contributed by atoms with Crippen LogP contribution in [0.1, 0.15) is 44.9 Å². The van der Waals surface area contributed by atoms with Crippen LogP contribution >= 0.6 is 0 Å². The molecule has 1 spiro atoms. The fourth-order valence-electron chi connectivity index (χ4n) is 3.82. The zero-order chi connectivity index (χ0) is 11.9. The smallest absolute Gasteiger partial charge is 0.0335 e. The molecule has 3 rings (SSSR count). The molecule has 1 saturated heterocycles. The Morgan fingerprint density at radius 2 is 1.71 bits per heavy atom. The Labute approximate surface area is 105 Å². The van der Waals surface area contributed by atoms with Crippen molar-refractivity contribution in [1.82, 2.24) is 9.80 Å². The highest BCUT2D eigenvalue weighted by molar-refractivity contribution is 5.08. The molecule has 3 aliphatic rings. The summed E-state index contributed by atoms with van der Waals surface area (Å²) < 4.78 is 0. The summed E-state index contributed by atoms with van der Waals surface area (Å²) in [6.07, 6.45) is 9.37. The summed E-state index contributed by atoms with van der Waals surface area (Å²) in [6, 6.07) is 0. The zero-order valence-electron chi connectivity index (χ0n) is 11.2. The number of nitrogens with zero attached hydrogens (tertiary/aromatic N) is 2. The lowest BCUT2D eigenvalue weighted by atomic mass is 9.82. The van der Waals surface area contributed by atoms with Gasteiger partial charge in [-0.05, 0) is 32.7 Å². The molecule has 3 heteroatoms. The third-order valence-electron chi connectivity index (χ3n) is 5.29. The van der Waals surface area contributed by atoms with Crippen LogP contribution in [0.3, 0.4) is 0 Å². The first-order valence-corrected chi connectivity index (χ1v) is 7.35. The van der Waals surface area contributed by atoms with Gasteiger partial charge in [-0.15, -0.1) is 0 Å². The molecule has 0 radical (unpaired) electrons. The summed E-state index contributed by atoms with van der Waals surface area (Å²) in [5.41, 5.74) is 7.25. The van der Waals surface area contributed by atoms with E-state index in [0.29, 0.717) is 5.54 Å². The van der Waals surface area contributed by atoms with Gasteiger partial charge in [0.15, 0.2) is 0 Å². The van der Waals surface area contributed by atoms with Crippen molar-refractivity contribution >= 4 is 0 Å². The molecule has 0 bridgehead atoms. The largest absolute Gasteiger partial charge is 0.324 e. The molecule has 3 fully saturated rings. The topological polar surface area (TPSA) is 32.5 Å². The Hall–Kier alpha value is -0.120. The third kappa shape index (κ3) is 2.38. The molecule has 0 amide bonds. The van der Waals surface area contributed by atoms with Crippen LogP contribution in [0.4, 0.5) is 0 Å². The summed E-state index contributed by atoms with van der Waals surface area (Å²) in [6.45, 7) is 4.86. The number of piperazine rings is 1. The van der Waals surface area contributed by atoms with Gasteiger partial charge in [0.1, 0.15) is 0 Å². The number of likely N-dealkylation sites (N-methyl/N-ethyl adjacent to an activating group) is 1. The van der Waals surface area contributed by atoms with Crippen LogP contribution in [0.5, 0.6) is 0 Å². The molecular formula is C14H27N3. The Morgan fingerprint density at radius 1 is 1.00 bits per heavy atom. The second-order valence-corrected chi connectivity index (χ2v) is 6.78. The Bertz CT molecular complexity index is 279. The van der Waals surface area contributed by atoms with Crippen molar-refractivity contribution in [3.8, 4) is 0 Å². The first kappa shape index (κ1) is 11.9. The van der Waals surface area contributed by atoms with Gasteiger partial charge in [-0.25, -0.2) is 0 Å². The summed E-state index contributed by atoms with van der Waals surface area (Å²) in [4.78, 5) is 5.23. The second kappa shape index (κ2) is 4.22. The molecule has 2 aliphatic carbocycles. The van der Waals surface area contributed by atoms with Crippen molar-refractivity contribution in [3.05, 3.63) is 0 Å². The summed E-state index contributed by atoms with van der Waals surface area (Å²) in [7, 11) is 2.29. The van der Waals surface area contributed by atoms with Crippen molar-refractivity contribution in [2.75, 3.05) is 33.2 Å². The lowest BCUT2D eigenvalue weighted by Crippen LogP contribution is -2.59. The molecule has 0 unspecified atom stereocenters. The van der Waals surface area contributed by atoms with Crippen LogP contribution in [0.15, 0.2) is 0 Å². The van der Waals surface area contributed by atoms with Gasteiger partial charge in [0, 0.05) is 37.3 Å². The van der Waals surface area contributed by atoms with E-state index >= 15 is 0 Å². The van der Waals surface area contributed by atoms with Crippen LogP contribution in [0.25, 0.3) is 0 Å². The molecule has 3 nitrogen and oxygen atoms in total. The van der Waals surface area contributed by atoms with E-state index in [4.69, 9.17) is 5.73 Å². The molecule has 0 aromatic carbocycles. The standard InChI is InChI=1S/C14H27N3/c1-16-9-10-17(12-14(16)7-8-14)11-13(15)5-3-2-4-6-13/h2-12,15H2,1H3. The molecule has 0 aromatic rings. The van der Waals surface area contributed by atoms with Gasteiger partial charge in [-0.1, -0.05) is 19.3 Å². The van der Waals surface area contributed by atoms with Crippen LogP contribution in [-0.4, -0.2) is 54.1 Å². The first-order valence-electron chi connectivity index (χ1n) is 7.35. The number of nitrogens with two attached hydrogens (primary N) is 1. The van der Waals surface area contributed by atoms with Crippen molar-refractivity contribution < 1.29 is 0 Å². The molecule has 0 atom stereocenters. The second-order valence-electron chi connectivity index (χ2n) is 6.78. The summed E-state index contributed by atoms with van der Waals surface area (Å²) >= 11 is 0. The number of hydrogen-bond acceptors (Lipinski definition) is 3. The van der Waals surface area contributed by atoms with Crippen molar-refractivity contribution in [1.29, 1.82) is 0 Å². The maximum absolute atomic E-state index is 6.58. The number of hydrogen-bond donors (Lipinski definition) is 1. The van der Waals surface area contributed by atoms with Gasteiger partial charge < -0.3 is 5.73 Å². The van der Waals surface area contributed by atoms with Crippen molar-refractivity contribution in [2.24, 2.45) is 5.73 Å². The SMILES string of the molecule is CN1CCN(CC2(N)CCCCC2)CC12CC2. The van der Waals surface area contributed by atoms with Crippen LogP contribution in [0, 0.1) is 0 Å².